The highest BCUT2D eigenvalue weighted by molar-refractivity contribution is 5.45. The maximum absolute atomic E-state index is 5.60. The van der Waals surface area contributed by atoms with Crippen LogP contribution in [0.5, 0.6) is 0 Å². The summed E-state index contributed by atoms with van der Waals surface area (Å²) in [5.74, 6) is 0.868. The molecule has 1 atom stereocenters. The van der Waals surface area contributed by atoms with Gasteiger partial charge in [-0.05, 0) is 30.0 Å². The first kappa shape index (κ1) is 11.1. The lowest BCUT2D eigenvalue weighted by Gasteiger charge is -2.14. The van der Waals surface area contributed by atoms with Crippen molar-refractivity contribution in [3.63, 3.8) is 0 Å². The van der Waals surface area contributed by atoms with Crippen LogP contribution in [0.2, 0.25) is 0 Å². The van der Waals surface area contributed by atoms with Crippen LogP contribution >= 0.6 is 0 Å². The summed E-state index contributed by atoms with van der Waals surface area (Å²) in [4.78, 5) is 0. The van der Waals surface area contributed by atoms with E-state index in [4.69, 9.17) is 10.2 Å². The number of hydrogen-bond donors (Lipinski definition) is 1. The van der Waals surface area contributed by atoms with E-state index in [9.17, 15) is 0 Å². The molecule has 1 heterocycles. The highest BCUT2D eigenvalue weighted by atomic mass is 16.3. The van der Waals surface area contributed by atoms with Crippen molar-refractivity contribution >= 4 is 6.08 Å². The lowest BCUT2D eigenvalue weighted by molar-refractivity contribution is 0.531. The zero-order valence-electron chi connectivity index (χ0n) is 9.37. The average molecular weight is 193 g/mol. The van der Waals surface area contributed by atoms with E-state index in [1.807, 2.05) is 19.1 Å². The second-order valence-corrected chi connectivity index (χ2v) is 4.71. The largest absolute Gasteiger partial charge is 0.465 e. The molecule has 0 amide bonds. The van der Waals surface area contributed by atoms with Crippen molar-refractivity contribution in [2.24, 2.45) is 5.73 Å². The molecule has 0 unspecified atom stereocenters. The molecule has 1 aromatic rings. The van der Waals surface area contributed by atoms with Gasteiger partial charge in [-0.3, -0.25) is 0 Å². The third-order valence-corrected chi connectivity index (χ3v) is 2.05. The summed E-state index contributed by atoms with van der Waals surface area (Å²) in [7, 11) is 0. The molecule has 0 aliphatic rings. The molecule has 0 aliphatic carbocycles. The minimum Gasteiger partial charge on any atom is -0.465 e. The fraction of sp³-hybridized carbons (Fsp3) is 0.500. The minimum atomic E-state index is 0.0678. The van der Waals surface area contributed by atoms with Gasteiger partial charge in [0.25, 0.3) is 0 Å². The molecule has 0 radical (unpaired) electrons. The van der Waals surface area contributed by atoms with Gasteiger partial charge in [-0.25, -0.2) is 0 Å². The molecule has 78 valence electrons. The standard InChI is InChI=1S/C12H19NO/c1-9(13)5-6-11-7-10(8-14-11)12(2,3)4/h5-9H,13H2,1-4H3/b6-5-/t9-/m1/s1. The van der Waals surface area contributed by atoms with E-state index in [2.05, 4.69) is 26.8 Å². The van der Waals surface area contributed by atoms with E-state index < -0.39 is 0 Å². The molecule has 1 aromatic heterocycles. The average Bonchev–Trinajstić information content (AvgIpc) is 2.47. The Labute approximate surface area is 85.8 Å². The lowest BCUT2D eigenvalue weighted by atomic mass is 9.89. The van der Waals surface area contributed by atoms with E-state index in [0.717, 1.165) is 5.76 Å². The van der Waals surface area contributed by atoms with E-state index in [0.29, 0.717) is 0 Å². The highest BCUT2D eigenvalue weighted by Gasteiger charge is 2.15. The summed E-state index contributed by atoms with van der Waals surface area (Å²) in [6.45, 7) is 8.43. The zero-order chi connectivity index (χ0) is 10.8. The van der Waals surface area contributed by atoms with E-state index in [1.165, 1.54) is 5.56 Å². The van der Waals surface area contributed by atoms with Gasteiger partial charge in [0.2, 0.25) is 0 Å². The van der Waals surface area contributed by atoms with E-state index >= 15 is 0 Å². The summed E-state index contributed by atoms with van der Waals surface area (Å²) in [6, 6.07) is 2.12. The molecule has 0 fully saturated rings. The van der Waals surface area contributed by atoms with Gasteiger partial charge in [-0.2, -0.15) is 0 Å². The Hall–Kier alpha value is -1.02. The Kier molecular flexibility index (Phi) is 3.17. The predicted molar refractivity (Wildman–Crippen MR) is 60.1 cm³/mol. The molecule has 1 rings (SSSR count). The maximum Gasteiger partial charge on any atom is 0.126 e. The number of rotatable bonds is 2. The lowest BCUT2D eigenvalue weighted by Crippen LogP contribution is -2.10. The number of nitrogens with two attached hydrogens (primary N) is 1. The summed E-state index contributed by atoms with van der Waals surface area (Å²) < 4.78 is 5.40. The summed E-state index contributed by atoms with van der Waals surface area (Å²) in [5.41, 5.74) is 6.96. The van der Waals surface area contributed by atoms with Crippen LogP contribution < -0.4 is 5.73 Å². The van der Waals surface area contributed by atoms with E-state index in [-0.39, 0.29) is 11.5 Å². The molecular weight excluding hydrogens is 174 g/mol. The van der Waals surface area contributed by atoms with Crippen LogP contribution in [0.15, 0.2) is 22.8 Å². The predicted octanol–water partition coefficient (Wildman–Crippen LogP) is 2.94. The molecule has 2 heteroatoms. The molecule has 0 bridgehead atoms. The first-order chi connectivity index (χ1) is 6.39. The van der Waals surface area contributed by atoms with Crippen molar-refractivity contribution in [3.8, 4) is 0 Å². The summed E-state index contributed by atoms with van der Waals surface area (Å²) in [5, 5.41) is 0. The highest BCUT2D eigenvalue weighted by Crippen LogP contribution is 2.24. The summed E-state index contributed by atoms with van der Waals surface area (Å²) in [6.07, 6.45) is 5.64. The van der Waals surface area contributed by atoms with Crippen molar-refractivity contribution < 1.29 is 4.42 Å². The van der Waals surface area contributed by atoms with Crippen molar-refractivity contribution in [1.82, 2.24) is 0 Å². The Bertz CT molecular complexity index is 315. The normalized spacial score (nSPS) is 14.9. The molecule has 0 aromatic carbocycles. The third-order valence-electron chi connectivity index (χ3n) is 2.05. The Morgan fingerprint density at radius 2 is 2.07 bits per heavy atom. The van der Waals surface area contributed by atoms with Crippen molar-refractivity contribution in [3.05, 3.63) is 29.7 Å². The second-order valence-electron chi connectivity index (χ2n) is 4.71. The van der Waals surface area contributed by atoms with Gasteiger partial charge in [0.15, 0.2) is 0 Å². The van der Waals surface area contributed by atoms with Gasteiger partial charge in [-0.1, -0.05) is 26.8 Å². The second kappa shape index (κ2) is 4.01. The molecule has 0 saturated heterocycles. The van der Waals surface area contributed by atoms with Crippen LogP contribution in [-0.4, -0.2) is 6.04 Å². The molecule has 0 spiro atoms. The summed E-state index contributed by atoms with van der Waals surface area (Å²) >= 11 is 0. The SMILES string of the molecule is C[C@@H](N)/C=C\c1cc(C(C)(C)C)co1. The molecule has 0 aliphatic heterocycles. The third kappa shape index (κ3) is 3.04. The Morgan fingerprint density at radius 3 is 2.50 bits per heavy atom. The first-order valence-electron chi connectivity index (χ1n) is 4.92. The van der Waals surface area contributed by atoms with Crippen LogP contribution in [0.4, 0.5) is 0 Å². The van der Waals surface area contributed by atoms with Gasteiger partial charge >= 0.3 is 0 Å². The topological polar surface area (TPSA) is 39.2 Å². The number of furan rings is 1. The Morgan fingerprint density at radius 1 is 1.43 bits per heavy atom. The van der Waals surface area contributed by atoms with Crippen LogP contribution in [0.25, 0.3) is 6.08 Å². The van der Waals surface area contributed by atoms with Gasteiger partial charge in [0.1, 0.15) is 5.76 Å². The first-order valence-corrected chi connectivity index (χ1v) is 4.92. The maximum atomic E-state index is 5.60. The van der Waals surface area contributed by atoms with Crippen molar-refractivity contribution in [1.29, 1.82) is 0 Å². The monoisotopic (exact) mass is 193 g/mol. The molecule has 2 N–H and O–H groups in total. The van der Waals surface area contributed by atoms with Gasteiger partial charge < -0.3 is 10.2 Å². The molecule has 2 nitrogen and oxygen atoms in total. The van der Waals surface area contributed by atoms with Crippen molar-refractivity contribution in [2.75, 3.05) is 0 Å². The van der Waals surface area contributed by atoms with Crippen LogP contribution in [-0.2, 0) is 5.41 Å². The van der Waals surface area contributed by atoms with Crippen LogP contribution in [0.3, 0.4) is 0 Å². The van der Waals surface area contributed by atoms with Crippen LogP contribution in [0.1, 0.15) is 39.0 Å². The number of hydrogen-bond acceptors (Lipinski definition) is 2. The zero-order valence-corrected chi connectivity index (χ0v) is 9.37. The van der Waals surface area contributed by atoms with Crippen molar-refractivity contribution in [2.45, 2.75) is 39.2 Å². The fourth-order valence-electron chi connectivity index (χ4n) is 1.08. The molecular formula is C12H19NO. The minimum absolute atomic E-state index is 0.0678. The van der Waals surface area contributed by atoms with Gasteiger partial charge in [0, 0.05) is 6.04 Å². The molecule has 0 saturated carbocycles. The van der Waals surface area contributed by atoms with Crippen LogP contribution in [0, 0.1) is 0 Å². The molecule has 14 heavy (non-hydrogen) atoms. The Balaban J connectivity index is 2.79. The van der Waals surface area contributed by atoms with Gasteiger partial charge in [0.05, 0.1) is 6.26 Å². The van der Waals surface area contributed by atoms with E-state index in [1.54, 1.807) is 6.26 Å². The smallest absolute Gasteiger partial charge is 0.126 e. The van der Waals surface area contributed by atoms with Gasteiger partial charge in [-0.15, -0.1) is 0 Å². The quantitative estimate of drug-likeness (QED) is 0.784. The fourth-order valence-corrected chi connectivity index (χ4v) is 1.08.